The van der Waals surface area contributed by atoms with Gasteiger partial charge >= 0.3 is 0 Å². The van der Waals surface area contributed by atoms with E-state index in [9.17, 15) is 13.5 Å². The number of hydrogen-bond acceptors (Lipinski definition) is 8. The van der Waals surface area contributed by atoms with E-state index in [0.29, 0.717) is 18.9 Å². The average Bonchev–Trinajstić information content (AvgIpc) is 3.00. The molecule has 0 radical (unpaired) electrons. The summed E-state index contributed by atoms with van der Waals surface area (Å²) in [5.74, 6) is 1.41. The molecule has 2 aliphatic heterocycles. The Hall–Kier alpha value is -2.10. The molecule has 4 rings (SSSR count). The first kappa shape index (κ1) is 19.2. The molecule has 8 nitrogen and oxygen atoms in total. The molecule has 0 aliphatic carbocycles. The van der Waals surface area contributed by atoms with Gasteiger partial charge in [0.25, 0.3) is 0 Å². The first-order valence-corrected chi connectivity index (χ1v) is 11.4. The largest absolute Gasteiger partial charge is 0.390 e. The maximum Gasteiger partial charge on any atom is 0.180 e. The van der Waals surface area contributed by atoms with E-state index in [2.05, 4.69) is 26.7 Å². The smallest absolute Gasteiger partial charge is 0.180 e. The number of hydrogen-bond donors (Lipinski definition) is 1. The van der Waals surface area contributed by atoms with Gasteiger partial charge in [0.15, 0.2) is 15.7 Å². The molecular weight excluding hydrogens is 378 g/mol. The van der Waals surface area contributed by atoms with Crippen molar-refractivity contribution in [3.63, 3.8) is 0 Å². The molecule has 2 saturated heterocycles. The number of anilines is 1. The highest BCUT2D eigenvalue weighted by Gasteiger charge is 2.40. The topological polar surface area (TPSA) is 99.5 Å². The minimum atomic E-state index is -3.14. The molecule has 28 heavy (non-hydrogen) atoms. The molecule has 1 N–H and O–H groups in total. The molecule has 0 saturated carbocycles. The fraction of sp³-hybridized carbons (Fsp3) is 0.526. The van der Waals surface area contributed by atoms with E-state index in [0.717, 1.165) is 36.7 Å². The van der Waals surface area contributed by atoms with Crippen LogP contribution in [0.25, 0.3) is 11.5 Å². The quantitative estimate of drug-likeness (QED) is 0.782. The van der Waals surface area contributed by atoms with Crippen molar-refractivity contribution in [1.29, 1.82) is 0 Å². The predicted octanol–water partition coefficient (Wildman–Crippen LogP) is 0.381. The fourth-order valence-corrected chi connectivity index (χ4v) is 5.71. The van der Waals surface area contributed by atoms with E-state index in [1.807, 2.05) is 24.3 Å². The summed E-state index contributed by atoms with van der Waals surface area (Å²) in [6.07, 6.45) is 1.75. The number of aliphatic hydroxyl groups excluding tert-OH is 1. The number of aromatic nitrogens is 3. The lowest BCUT2D eigenvalue weighted by molar-refractivity contribution is 0.0792. The van der Waals surface area contributed by atoms with Gasteiger partial charge in [-0.05, 0) is 18.6 Å². The lowest BCUT2D eigenvalue weighted by atomic mass is 10.1. The highest BCUT2D eigenvalue weighted by molar-refractivity contribution is 7.91. The van der Waals surface area contributed by atoms with Crippen LogP contribution in [0.4, 0.5) is 5.82 Å². The van der Waals surface area contributed by atoms with Crippen LogP contribution >= 0.6 is 0 Å². The predicted molar refractivity (Wildman–Crippen MR) is 107 cm³/mol. The third-order valence-electron chi connectivity index (χ3n) is 5.42. The van der Waals surface area contributed by atoms with Crippen LogP contribution in [-0.4, -0.2) is 83.2 Å². The number of pyridine rings is 1. The van der Waals surface area contributed by atoms with E-state index in [4.69, 9.17) is 4.98 Å². The zero-order valence-electron chi connectivity index (χ0n) is 15.9. The number of aliphatic hydroxyl groups is 1. The van der Waals surface area contributed by atoms with Crippen molar-refractivity contribution < 1.29 is 13.5 Å². The molecule has 4 heterocycles. The summed E-state index contributed by atoms with van der Waals surface area (Å²) in [6, 6.07) is 7.40. The Bertz CT molecular complexity index is 930. The van der Waals surface area contributed by atoms with E-state index in [-0.39, 0.29) is 17.5 Å². The molecule has 0 unspecified atom stereocenters. The standard InChI is InChI=1S/C19H25N5O3S/c1-2-14-11-18(22-19(21-14)15-5-3-4-6-20-15)24-9-7-23(8-10-24)16-12-28(26,27)13-17(16)25/h3-6,11,16-17,25H,2,7-10,12-13H2,1H3/t16-,17-/m1/s1. The van der Waals surface area contributed by atoms with Crippen LogP contribution in [0.3, 0.4) is 0 Å². The molecular formula is C19H25N5O3S. The molecule has 150 valence electrons. The molecule has 2 atom stereocenters. The minimum absolute atomic E-state index is 0.0471. The molecule has 0 bridgehead atoms. The summed E-state index contributed by atoms with van der Waals surface area (Å²) in [5, 5.41) is 10.1. The second-order valence-corrected chi connectivity index (χ2v) is 9.50. The van der Waals surface area contributed by atoms with Gasteiger partial charge in [0.1, 0.15) is 11.5 Å². The molecule has 2 fully saturated rings. The monoisotopic (exact) mass is 403 g/mol. The Labute approximate surface area is 165 Å². The molecule has 2 aliphatic rings. The first-order chi connectivity index (χ1) is 13.4. The van der Waals surface area contributed by atoms with Gasteiger partial charge < -0.3 is 10.0 Å². The Balaban J connectivity index is 1.50. The molecule has 9 heteroatoms. The van der Waals surface area contributed by atoms with Crippen molar-refractivity contribution >= 4 is 15.7 Å². The van der Waals surface area contributed by atoms with Gasteiger partial charge in [-0.1, -0.05) is 13.0 Å². The Kier molecular flexibility index (Phi) is 5.31. The maximum atomic E-state index is 11.8. The van der Waals surface area contributed by atoms with E-state index < -0.39 is 15.9 Å². The summed E-state index contributed by atoms with van der Waals surface area (Å²) in [5.41, 5.74) is 1.71. The van der Waals surface area contributed by atoms with Crippen LogP contribution in [0.2, 0.25) is 0 Å². The Morgan fingerprint density at radius 3 is 2.54 bits per heavy atom. The summed E-state index contributed by atoms with van der Waals surface area (Å²) >= 11 is 0. The SMILES string of the molecule is CCc1cc(N2CCN([C@@H]3CS(=O)(=O)C[C@H]3O)CC2)nc(-c2ccccn2)n1. The maximum absolute atomic E-state index is 11.8. The molecule has 0 amide bonds. The van der Waals surface area contributed by atoms with Crippen molar-refractivity contribution in [3.05, 3.63) is 36.2 Å². The molecule has 0 aromatic carbocycles. The van der Waals surface area contributed by atoms with Gasteiger partial charge in [0, 0.05) is 44.1 Å². The molecule has 2 aromatic heterocycles. The summed E-state index contributed by atoms with van der Waals surface area (Å²) in [7, 11) is -3.14. The lowest BCUT2D eigenvalue weighted by Gasteiger charge is -2.39. The average molecular weight is 404 g/mol. The first-order valence-electron chi connectivity index (χ1n) is 9.62. The molecule has 0 spiro atoms. The van der Waals surface area contributed by atoms with Crippen LogP contribution in [0.1, 0.15) is 12.6 Å². The van der Waals surface area contributed by atoms with Gasteiger partial charge in [-0.25, -0.2) is 18.4 Å². The Morgan fingerprint density at radius 2 is 1.93 bits per heavy atom. The van der Waals surface area contributed by atoms with Crippen molar-refractivity contribution in [2.75, 3.05) is 42.6 Å². The van der Waals surface area contributed by atoms with Crippen molar-refractivity contribution in [3.8, 4) is 11.5 Å². The number of rotatable bonds is 4. The third-order valence-corrected chi connectivity index (χ3v) is 7.12. The van der Waals surface area contributed by atoms with Crippen LogP contribution in [0.5, 0.6) is 0 Å². The second kappa shape index (κ2) is 7.73. The van der Waals surface area contributed by atoms with Gasteiger partial charge in [-0.15, -0.1) is 0 Å². The van der Waals surface area contributed by atoms with Crippen molar-refractivity contribution in [2.45, 2.75) is 25.5 Å². The normalized spacial score (nSPS) is 25.1. The van der Waals surface area contributed by atoms with E-state index in [1.54, 1.807) is 6.20 Å². The number of aryl methyl sites for hydroxylation is 1. The molecule has 2 aromatic rings. The second-order valence-electron chi connectivity index (χ2n) is 7.34. The third kappa shape index (κ3) is 4.01. The highest BCUT2D eigenvalue weighted by Crippen LogP contribution is 2.23. The highest BCUT2D eigenvalue weighted by atomic mass is 32.2. The van der Waals surface area contributed by atoms with Crippen LogP contribution in [0, 0.1) is 0 Å². The summed E-state index contributed by atoms with van der Waals surface area (Å²) in [6.45, 7) is 4.91. The van der Waals surface area contributed by atoms with E-state index in [1.165, 1.54) is 0 Å². The zero-order chi connectivity index (χ0) is 19.7. The van der Waals surface area contributed by atoms with Crippen molar-refractivity contribution in [1.82, 2.24) is 19.9 Å². The zero-order valence-corrected chi connectivity index (χ0v) is 16.7. The van der Waals surface area contributed by atoms with Gasteiger partial charge in [-0.3, -0.25) is 9.88 Å². The van der Waals surface area contributed by atoms with Gasteiger partial charge in [-0.2, -0.15) is 0 Å². The van der Waals surface area contributed by atoms with Crippen LogP contribution in [0.15, 0.2) is 30.5 Å². The lowest BCUT2D eigenvalue weighted by Crippen LogP contribution is -2.53. The van der Waals surface area contributed by atoms with Crippen LogP contribution in [-0.2, 0) is 16.3 Å². The minimum Gasteiger partial charge on any atom is -0.390 e. The summed E-state index contributed by atoms with van der Waals surface area (Å²) in [4.78, 5) is 18.0. The van der Waals surface area contributed by atoms with Gasteiger partial charge in [0.2, 0.25) is 0 Å². The Morgan fingerprint density at radius 1 is 1.14 bits per heavy atom. The number of nitrogens with zero attached hydrogens (tertiary/aromatic N) is 5. The summed E-state index contributed by atoms with van der Waals surface area (Å²) < 4.78 is 23.6. The number of sulfone groups is 1. The van der Waals surface area contributed by atoms with Gasteiger partial charge in [0.05, 0.1) is 23.7 Å². The van der Waals surface area contributed by atoms with Crippen LogP contribution < -0.4 is 4.90 Å². The number of piperazine rings is 1. The fourth-order valence-electron chi connectivity index (χ4n) is 3.88. The van der Waals surface area contributed by atoms with Crippen molar-refractivity contribution in [2.24, 2.45) is 0 Å². The van der Waals surface area contributed by atoms with E-state index >= 15 is 0 Å².